The number of fused-ring (bicyclic) bond motifs is 1. The number of rotatable bonds is 4. The summed E-state index contributed by atoms with van der Waals surface area (Å²) in [4.78, 5) is 49.0. The van der Waals surface area contributed by atoms with Crippen molar-refractivity contribution in [1.29, 1.82) is 0 Å². The van der Waals surface area contributed by atoms with Crippen LogP contribution in [0.1, 0.15) is 55.6 Å². The molecule has 2 aliphatic rings. The van der Waals surface area contributed by atoms with Gasteiger partial charge in [-0.05, 0) is 56.9 Å². The second kappa shape index (κ2) is 9.01. The van der Waals surface area contributed by atoms with Crippen molar-refractivity contribution in [2.75, 3.05) is 19.7 Å². The first-order valence-corrected chi connectivity index (χ1v) is 12.5. The van der Waals surface area contributed by atoms with Crippen molar-refractivity contribution in [3.05, 3.63) is 62.2 Å². The van der Waals surface area contributed by atoms with E-state index in [2.05, 4.69) is 40.9 Å². The van der Waals surface area contributed by atoms with Crippen LogP contribution in [0.25, 0.3) is 11.0 Å². The highest BCUT2D eigenvalue weighted by atomic mass is 16.5. The molecule has 3 N–H and O–H groups in total. The number of nitrogens with one attached hydrogen (secondary N) is 2. The van der Waals surface area contributed by atoms with Gasteiger partial charge in [-0.1, -0.05) is 0 Å². The molecule has 2 aromatic heterocycles. The Morgan fingerprint density at radius 3 is 2.64 bits per heavy atom. The number of amides is 1. The van der Waals surface area contributed by atoms with E-state index in [1.54, 1.807) is 6.92 Å². The molecule has 0 unspecified atom stereocenters. The SMILES string of the molecule is Cc1cc2nc(CCC(=O)N3CCC4(CC3)C[C@H](n3ccc(=O)[nH]c3=O)[C@@](C)(O)CO4)[nH]c2cc1C. The van der Waals surface area contributed by atoms with Crippen LogP contribution in [0.4, 0.5) is 0 Å². The van der Waals surface area contributed by atoms with Crippen LogP contribution in [0.2, 0.25) is 0 Å². The summed E-state index contributed by atoms with van der Waals surface area (Å²) in [5.74, 6) is 0.887. The Morgan fingerprint density at radius 2 is 1.92 bits per heavy atom. The van der Waals surface area contributed by atoms with Crippen LogP contribution < -0.4 is 11.2 Å². The van der Waals surface area contributed by atoms with Crippen LogP contribution in [-0.4, -0.2) is 66.3 Å². The minimum Gasteiger partial charge on any atom is -0.386 e. The smallest absolute Gasteiger partial charge is 0.328 e. The Morgan fingerprint density at radius 1 is 1.19 bits per heavy atom. The summed E-state index contributed by atoms with van der Waals surface area (Å²) >= 11 is 0. The number of carbonyl (C=O) groups is 1. The molecular weight excluding hydrogens is 462 g/mol. The molecule has 0 bridgehead atoms. The Hall–Kier alpha value is -3.24. The number of piperidine rings is 1. The van der Waals surface area contributed by atoms with Gasteiger partial charge < -0.3 is 19.7 Å². The molecule has 10 heteroatoms. The number of aromatic nitrogens is 4. The highest BCUT2D eigenvalue weighted by Gasteiger charge is 2.49. The summed E-state index contributed by atoms with van der Waals surface area (Å²) in [6.45, 7) is 6.94. The van der Waals surface area contributed by atoms with Gasteiger partial charge in [0.15, 0.2) is 0 Å². The lowest BCUT2D eigenvalue weighted by molar-refractivity contribution is -0.202. The van der Waals surface area contributed by atoms with E-state index < -0.39 is 28.5 Å². The molecule has 36 heavy (non-hydrogen) atoms. The first kappa shape index (κ1) is 24.5. The molecule has 10 nitrogen and oxygen atoms in total. The summed E-state index contributed by atoms with van der Waals surface area (Å²) in [6.07, 6.45) is 4.00. The van der Waals surface area contributed by atoms with E-state index in [0.717, 1.165) is 16.9 Å². The maximum Gasteiger partial charge on any atom is 0.328 e. The number of imidazole rings is 1. The second-order valence-electron chi connectivity index (χ2n) is 10.6. The highest BCUT2D eigenvalue weighted by Crippen LogP contribution is 2.43. The molecule has 2 atom stereocenters. The fraction of sp³-hybridized carbons (Fsp3) is 0.538. The predicted molar refractivity (Wildman–Crippen MR) is 134 cm³/mol. The lowest BCUT2D eigenvalue weighted by Gasteiger charge is -2.51. The van der Waals surface area contributed by atoms with E-state index in [-0.39, 0.29) is 12.5 Å². The van der Waals surface area contributed by atoms with Crippen molar-refractivity contribution in [2.45, 2.75) is 70.1 Å². The lowest BCUT2D eigenvalue weighted by Crippen LogP contribution is -2.58. The van der Waals surface area contributed by atoms with Crippen LogP contribution >= 0.6 is 0 Å². The van der Waals surface area contributed by atoms with Crippen LogP contribution in [0.5, 0.6) is 0 Å². The van der Waals surface area contributed by atoms with E-state index in [1.807, 2.05) is 4.90 Å². The zero-order valence-electron chi connectivity index (χ0n) is 21.0. The summed E-state index contributed by atoms with van der Waals surface area (Å²) in [7, 11) is 0. The fourth-order valence-electron chi connectivity index (χ4n) is 5.43. The average Bonchev–Trinajstić information content (AvgIpc) is 3.22. The van der Waals surface area contributed by atoms with Crippen molar-refractivity contribution in [3.8, 4) is 0 Å². The number of nitrogens with zero attached hydrogens (tertiary/aromatic N) is 3. The predicted octanol–water partition coefficient (Wildman–Crippen LogP) is 1.74. The Bertz CT molecular complexity index is 1370. The van der Waals surface area contributed by atoms with Crippen molar-refractivity contribution in [1.82, 2.24) is 24.4 Å². The molecule has 1 spiro atoms. The molecule has 3 aromatic rings. The van der Waals surface area contributed by atoms with E-state index in [0.29, 0.717) is 45.2 Å². The normalized spacial score (nSPS) is 23.9. The van der Waals surface area contributed by atoms with Gasteiger partial charge >= 0.3 is 5.69 Å². The van der Waals surface area contributed by atoms with Crippen molar-refractivity contribution in [3.63, 3.8) is 0 Å². The molecule has 2 fully saturated rings. The minimum atomic E-state index is -1.26. The average molecular weight is 496 g/mol. The fourth-order valence-corrected chi connectivity index (χ4v) is 5.43. The molecule has 192 valence electrons. The Kier molecular flexibility index (Phi) is 6.12. The van der Waals surface area contributed by atoms with E-state index >= 15 is 0 Å². The van der Waals surface area contributed by atoms with Crippen molar-refractivity contribution in [2.24, 2.45) is 0 Å². The topological polar surface area (TPSA) is 133 Å². The molecule has 0 aliphatic carbocycles. The van der Waals surface area contributed by atoms with Gasteiger partial charge in [0, 0.05) is 44.6 Å². The number of likely N-dealkylation sites (tertiary alicyclic amines) is 1. The van der Waals surface area contributed by atoms with Crippen LogP contribution in [0, 0.1) is 13.8 Å². The Labute approximate surface area is 208 Å². The van der Waals surface area contributed by atoms with E-state index in [1.165, 1.54) is 28.0 Å². The number of ether oxygens (including phenoxy) is 1. The summed E-state index contributed by atoms with van der Waals surface area (Å²) < 4.78 is 7.55. The van der Waals surface area contributed by atoms with Crippen LogP contribution in [0.3, 0.4) is 0 Å². The van der Waals surface area contributed by atoms with Gasteiger partial charge in [0.05, 0.1) is 29.3 Å². The van der Waals surface area contributed by atoms with Crippen molar-refractivity contribution < 1.29 is 14.6 Å². The third-order valence-electron chi connectivity index (χ3n) is 7.89. The van der Waals surface area contributed by atoms with E-state index in [4.69, 9.17) is 4.74 Å². The molecule has 5 rings (SSSR count). The minimum absolute atomic E-state index is 0.0716. The van der Waals surface area contributed by atoms with Crippen molar-refractivity contribution >= 4 is 16.9 Å². The maximum atomic E-state index is 13.0. The molecule has 0 saturated carbocycles. The number of aliphatic hydroxyl groups is 1. The quantitative estimate of drug-likeness (QED) is 0.505. The number of H-pyrrole nitrogens is 2. The number of aromatic amines is 2. The molecule has 2 saturated heterocycles. The number of aryl methyl sites for hydroxylation is 3. The van der Waals surface area contributed by atoms with Gasteiger partial charge in [0.25, 0.3) is 5.56 Å². The monoisotopic (exact) mass is 495 g/mol. The molecule has 2 aliphatic heterocycles. The highest BCUT2D eigenvalue weighted by molar-refractivity contribution is 5.78. The van der Waals surface area contributed by atoms with Gasteiger partial charge in [-0.15, -0.1) is 0 Å². The number of carbonyl (C=O) groups excluding carboxylic acids is 1. The third kappa shape index (κ3) is 4.62. The molecule has 1 amide bonds. The van der Waals surface area contributed by atoms with Gasteiger partial charge in [0.1, 0.15) is 11.4 Å². The first-order chi connectivity index (χ1) is 17.1. The third-order valence-corrected chi connectivity index (χ3v) is 7.89. The zero-order chi connectivity index (χ0) is 25.7. The van der Waals surface area contributed by atoms with Gasteiger partial charge in [0.2, 0.25) is 5.91 Å². The standard InChI is InChI=1S/C26H33N5O5/c1-16-12-18-19(13-17(16)2)28-21(27-18)4-5-23(33)30-10-7-26(8-11-30)14-20(25(3,35)15-36-26)31-9-6-22(32)29-24(31)34/h6,9,12-13,20,35H,4-5,7-8,10-11,14-15H2,1-3H3,(H,27,28)(H,29,32,34)/t20-,25-/m0/s1. The molecule has 4 heterocycles. The largest absolute Gasteiger partial charge is 0.386 e. The van der Waals surface area contributed by atoms with Crippen LogP contribution in [-0.2, 0) is 16.0 Å². The van der Waals surface area contributed by atoms with Gasteiger partial charge in [-0.25, -0.2) is 9.78 Å². The Balaban J connectivity index is 1.22. The summed E-state index contributed by atoms with van der Waals surface area (Å²) in [6, 6.07) is 4.89. The van der Waals surface area contributed by atoms with Gasteiger partial charge in [-0.3, -0.25) is 19.1 Å². The maximum absolute atomic E-state index is 13.0. The first-order valence-electron chi connectivity index (χ1n) is 12.5. The zero-order valence-corrected chi connectivity index (χ0v) is 21.0. The number of hydrogen-bond donors (Lipinski definition) is 3. The summed E-state index contributed by atoms with van der Waals surface area (Å²) in [5.41, 5.74) is 1.49. The second-order valence-corrected chi connectivity index (χ2v) is 10.6. The molecule has 0 radical (unpaired) electrons. The summed E-state index contributed by atoms with van der Waals surface area (Å²) in [5, 5.41) is 10.9. The van der Waals surface area contributed by atoms with E-state index in [9.17, 15) is 19.5 Å². The molecular formula is C26H33N5O5. The lowest BCUT2D eigenvalue weighted by atomic mass is 9.77. The number of hydrogen-bond acceptors (Lipinski definition) is 6. The molecule has 1 aromatic carbocycles. The van der Waals surface area contributed by atoms with Crippen LogP contribution in [0.15, 0.2) is 34.0 Å². The number of benzene rings is 1. The van der Waals surface area contributed by atoms with Gasteiger partial charge in [-0.2, -0.15) is 0 Å².